The van der Waals surface area contributed by atoms with Gasteiger partial charge in [0, 0.05) is 18.8 Å². The van der Waals surface area contributed by atoms with E-state index in [9.17, 15) is 0 Å². The summed E-state index contributed by atoms with van der Waals surface area (Å²) in [4.78, 5) is 4.55. The van der Waals surface area contributed by atoms with Crippen LogP contribution in [0.1, 0.15) is 24.7 Å². The number of fused-ring (bicyclic) bond motifs is 1. The van der Waals surface area contributed by atoms with Crippen LogP contribution in [0.25, 0.3) is 11.0 Å². The molecule has 0 unspecified atom stereocenters. The first kappa shape index (κ1) is 11.9. The van der Waals surface area contributed by atoms with E-state index in [1.807, 2.05) is 12.1 Å². The van der Waals surface area contributed by atoms with Crippen LogP contribution in [-0.2, 0) is 13.0 Å². The van der Waals surface area contributed by atoms with Crippen LogP contribution in [-0.4, -0.2) is 15.4 Å². The molecule has 0 saturated carbocycles. The van der Waals surface area contributed by atoms with Crippen LogP contribution in [0.5, 0.6) is 0 Å². The summed E-state index contributed by atoms with van der Waals surface area (Å²) in [6, 6.07) is 7.90. The SMILES string of the molecule is CCCn1c(CCCl)nc2c(C#N)cccc21. The maximum absolute atomic E-state index is 9.07. The van der Waals surface area contributed by atoms with Crippen LogP contribution in [0, 0.1) is 11.3 Å². The van der Waals surface area contributed by atoms with Crippen LogP contribution < -0.4 is 0 Å². The zero-order chi connectivity index (χ0) is 12.3. The van der Waals surface area contributed by atoms with Gasteiger partial charge in [0.25, 0.3) is 0 Å². The summed E-state index contributed by atoms with van der Waals surface area (Å²) in [5.41, 5.74) is 2.46. The Morgan fingerprint density at radius 2 is 2.29 bits per heavy atom. The van der Waals surface area contributed by atoms with Crippen LogP contribution in [0.15, 0.2) is 18.2 Å². The number of hydrogen-bond acceptors (Lipinski definition) is 2. The highest BCUT2D eigenvalue weighted by molar-refractivity contribution is 6.17. The van der Waals surface area contributed by atoms with E-state index in [4.69, 9.17) is 16.9 Å². The fourth-order valence-corrected chi connectivity index (χ4v) is 2.20. The average molecular weight is 248 g/mol. The Morgan fingerprint density at radius 3 is 2.94 bits per heavy atom. The Balaban J connectivity index is 2.66. The van der Waals surface area contributed by atoms with E-state index >= 15 is 0 Å². The van der Waals surface area contributed by atoms with Crippen molar-refractivity contribution in [2.45, 2.75) is 26.3 Å². The van der Waals surface area contributed by atoms with E-state index in [2.05, 4.69) is 22.5 Å². The van der Waals surface area contributed by atoms with Crippen molar-refractivity contribution in [3.63, 3.8) is 0 Å². The minimum atomic E-state index is 0.551. The van der Waals surface area contributed by atoms with E-state index in [1.165, 1.54) is 0 Å². The molecule has 2 aromatic rings. The molecule has 0 N–H and O–H groups in total. The van der Waals surface area contributed by atoms with Crippen molar-refractivity contribution < 1.29 is 0 Å². The Hall–Kier alpha value is -1.53. The fraction of sp³-hybridized carbons (Fsp3) is 0.385. The van der Waals surface area contributed by atoms with Gasteiger partial charge in [0.05, 0.1) is 11.1 Å². The zero-order valence-electron chi connectivity index (χ0n) is 9.78. The number of hydrogen-bond donors (Lipinski definition) is 0. The van der Waals surface area contributed by atoms with Gasteiger partial charge in [0.15, 0.2) is 0 Å². The summed E-state index contributed by atoms with van der Waals surface area (Å²) in [7, 11) is 0. The summed E-state index contributed by atoms with van der Waals surface area (Å²) in [6.45, 7) is 3.04. The van der Waals surface area contributed by atoms with Gasteiger partial charge in [-0.15, -0.1) is 11.6 Å². The molecule has 0 aliphatic carbocycles. The molecule has 17 heavy (non-hydrogen) atoms. The van der Waals surface area contributed by atoms with Crippen molar-refractivity contribution in [3.05, 3.63) is 29.6 Å². The van der Waals surface area contributed by atoms with Crippen molar-refractivity contribution >= 4 is 22.6 Å². The molecule has 1 aromatic heterocycles. The number of nitriles is 1. The molecule has 0 bridgehead atoms. The van der Waals surface area contributed by atoms with E-state index in [-0.39, 0.29) is 0 Å². The maximum Gasteiger partial charge on any atom is 0.111 e. The third-order valence-corrected chi connectivity index (χ3v) is 2.93. The van der Waals surface area contributed by atoms with Crippen LogP contribution in [0.4, 0.5) is 0 Å². The van der Waals surface area contributed by atoms with E-state index in [0.29, 0.717) is 11.4 Å². The van der Waals surface area contributed by atoms with Crippen LogP contribution >= 0.6 is 11.6 Å². The van der Waals surface area contributed by atoms with Gasteiger partial charge in [-0.3, -0.25) is 0 Å². The normalized spacial score (nSPS) is 10.6. The van der Waals surface area contributed by atoms with Crippen molar-refractivity contribution in [1.82, 2.24) is 9.55 Å². The Bertz CT molecular complexity index is 566. The lowest BCUT2D eigenvalue weighted by Gasteiger charge is -2.06. The molecule has 88 valence electrons. The monoisotopic (exact) mass is 247 g/mol. The summed E-state index contributed by atoms with van der Waals surface area (Å²) in [5.74, 6) is 1.52. The molecule has 3 nitrogen and oxygen atoms in total. The lowest BCUT2D eigenvalue weighted by molar-refractivity contribution is 0.660. The summed E-state index contributed by atoms with van der Waals surface area (Å²) >= 11 is 5.79. The van der Waals surface area contributed by atoms with Gasteiger partial charge in [0.1, 0.15) is 17.4 Å². The standard InChI is InChI=1S/C13H14ClN3/c1-2-8-17-11-5-3-4-10(9-15)13(11)16-12(17)6-7-14/h3-5H,2,6-8H2,1H3. The molecule has 0 atom stereocenters. The first-order chi connectivity index (χ1) is 8.31. The molecule has 2 rings (SSSR count). The smallest absolute Gasteiger partial charge is 0.111 e. The Kier molecular flexibility index (Phi) is 3.65. The van der Waals surface area contributed by atoms with Gasteiger partial charge < -0.3 is 4.57 Å². The predicted molar refractivity (Wildman–Crippen MR) is 69.2 cm³/mol. The van der Waals surface area contributed by atoms with Crippen molar-refractivity contribution in [1.29, 1.82) is 5.26 Å². The molecule has 0 amide bonds. The number of rotatable bonds is 4. The van der Waals surface area contributed by atoms with E-state index in [1.54, 1.807) is 6.07 Å². The second kappa shape index (κ2) is 5.20. The Labute approximate surface area is 106 Å². The second-order valence-corrected chi connectivity index (χ2v) is 4.28. The second-order valence-electron chi connectivity index (χ2n) is 3.90. The van der Waals surface area contributed by atoms with E-state index < -0.39 is 0 Å². The summed E-state index contributed by atoms with van der Waals surface area (Å²) in [6.07, 6.45) is 1.78. The van der Waals surface area contributed by atoms with Crippen molar-refractivity contribution in [3.8, 4) is 6.07 Å². The molecule has 1 aromatic carbocycles. The topological polar surface area (TPSA) is 41.6 Å². The molecule has 0 fully saturated rings. The number of para-hydroxylation sites is 1. The zero-order valence-corrected chi connectivity index (χ0v) is 10.5. The van der Waals surface area contributed by atoms with Gasteiger partial charge in [-0.1, -0.05) is 13.0 Å². The lowest BCUT2D eigenvalue weighted by Crippen LogP contribution is -2.03. The minimum absolute atomic E-state index is 0.551. The third-order valence-electron chi connectivity index (χ3n) is 2.74. The number of aryl methyl sites for hydroxylation is 2. The predicted octanol–water partition coefficient (Wildman–Crippen LogP) is 3.10. The van der Waals surface area contributed by atoms with Crippen LogP contribution in [0.2, 0.25) is 0 Å². The van der Waals surface area contributed by atoms with Gasteiger partial charge in [-0.2, -0.15) is 5.26 Å². The molecule has 4 heteroatoms. The highest BCUT2D eigenvalue weighted by atomic mass is 35.5. The molecule has 1 heterocycles. The van der Waals surface area contributed by atoms with Gasteiger partial charge >= 0.3 is 0 Å². The number of halogens is 1. The first-order valence-electron chi connectivity index (χ1n) is 5.76. The van der Waals surface area contributed by atoms with Gasteiger partial charge in [0.2, 0.25) is 0 Å². The Morgan fingerprint density at radius 1 is 1.47 bits per heavy atom. The summed E-state index contributed by atoms with van der Waals surface area (Å²) in [5, 5.41) is 9.07. The molecule has 0 aliphatic heterocycles. The van der Waals surface area contributed by atoms with Gasteiger partial charge in [-0.25, -0.2) is 4.98 Å². The number of imidazole rings is 1. The van der Waals surface area contributed by atoms with Crippen LogP contribution in [0.3, 0.4) is 0 Å². The highest BCUT2D eigenvalue weighted by Gasteiger charge is 2.12. The molecule has 0 radical (unpaired) electrons. The largest absolute Gasteiger partial charge is 0.328 e. The quantitative estimate of drug-likeness (QED) is 0.779. The maximum atomic E-state index is 9.07. The molecule has 0 aliphatic rings. The third kappa shape index (κ3) is 2.13. The molecule has 0 saturated heterocycles. The number of nitrogens with zero attached hydrogens (tertiary/aromatic N) is 3. The average Bonchev–Trinajstić information content (AvgIpc) is 2.69. The summed E-state index contributed by atoms with van der Waals surface area (Å²) < 4.78 is 2.17. The number of alkyl halides is 1. The minimum Gasteiger partial charge on any atom is -0.328 e. The van der Waals surface area contributed by atoms with Crippen molar-refractivity contribution in [2.24, 2.45) is 0 Å². The first-order valence-corrected chi connectivity index (χ1v) is 6.29. The fourth-order valence-electron chi connectivity index (χ4n) is 2.03. The highest BCUT2D eigenvalue weighted by Crippen LogP contribution is 2.20. The molecular formula is C13H14ClN3. The number of benzene rings is 1. The van der Waals surface area contributed by atoms with Gasteiger partial charge in [-0.05, 0) is 18.6 Å². The lowest BCUT2D eigenvalue weighted by atomic mass is 10.2. The molecule has 0 spiro atoms. The van der Waals surface area contributed by atoms with Crippen molar-refractivity contribution in [2.75, 3.05) is 5.88 Å². The number of aromatic nitrogens is 2. The molecular weight excluding hydrogens is 234 g/mol. The van der Waals surface area contributed by atoms with E-state index in [0.717, 1.165) is 36.2 Å².